The molecule has 0 radical (unpaired) electrons. The van der Waals surface area contributed by atoms with Crippen LogP contribution in [0.15, 0.2) is 0 Å². The van der Waals surface area contributed by atoms with Crippen LogP contribution in [0.5, 0.6) is 0 Å². The molecule has 1 aliphatic heterocycles. The molecule has 0 saturated carbocycles. The maximum atomic E-state index is 11.7. The second-order valence-corrected chi connectivity index (χ2v) is 4.98. The number of amides is 1. The molecule has 1 saturated heterocycles. The molecule has 0 aliphatic carbocycles. The molecule has 0 aromatic heterocycles. The minimum Gasteiger partial charge on any atom is -0.394 e. The molecule has 0 aromatic rings. The van der Waals surface area contributed by atoms with E-state index in [1.54, 1.807) is 0 Å². The molecule has 3 N–H and O–H groups in total. The lowest BCUT2D eigenvalue weighted by Crippen LogP contribution is -2.44. The van der Waals surface area contributed by atoms with Crippen molar-refractivity contribution in [3.05, 3.63) is 0 Å². The lowest BCUT2D eigenvalue weighted by molar-refractivity contribution is -0.125. The molecule has 2 unspecified atom stereocenters. The van der Waals surface area contributed by atoms with Gasteiger partial charge in [-0.2, -0.15) is 0 Å². The predicted molar refractivity (Wildman–Crippen MR) is 65.7 cm³/mol. The highest BCUT2D eigenvalue weighted by Gasteiger charge is 2.19. The summed E-state index contributed by atoms with van der Waals surface area (Å²) >= 11 is 0. The Hall–Kier alpha value is -0.650. The molecular weight excluding hydrogens is 220 g/mol. The fourth-order valence-corrected chi connectivity index (χ4v) is 1.99. The lowest BCUT2D eigenvalue weighted by Gasteiger charge is -2.24. The van der Waals surface area contributed by atoms with Crippen molar-refractivity contribution in [1.29, 1.82) is 0 Å². The summed E-state index contributed by atoms with van der Waals surface area (Å²) in [6, 6.07) is -0.140. The Morgan fingerprint density at radius 3 is 2.88 bits per heavy atom. The van der Waals surface area contributed by atoms with Gasteiger partial charge in [0.05, 0.1) is 31.8 Å². The summed E-state index contributed by atoms with van der Waals surface area (Å²) in [7, 11) is 0. The van der Waals surface area contributed by atoms with E-state index in [2.05, 4.69) is 24.5 Å². The lowest BCUT2D eigenvalue weighted by atomic mass is 10.0. The Bertz CT molecular complexity index is 228. The summed E-state index contributed by atoms with van der Waals surface area (Å²) in [6.07, 6.45) is 1.12. The number of morpholine rings is 1. The van der Waals surface area contributed by atoms with Gasteiger partial charge in [-0.25, -0.2) is 0 Å². The maximum Gasteiger partial charge on any atom is 0.222 e. The third-order valence-electron chi connectivity index (χ3n) is 2.76. The largest absolute Gasteiger partial charge is 0.394 e. The van der Waals surface area contributed by atoms with Crippen LogP contribution in [0.25, 0.3) is 0 Å². The summed E-state index contributed by atoms with van der Waals surface area (Å²) in [4.78, 5) is 11.7. The van der Waals surface area contributed by atoms with Crippen molar-refractivity contribution in [2.45, 2.75) is 38.8 Å². The SMILES string of the molecule is CC(C)CC(CO)NC(=O)CC1CNCCO1. The van der Waals surface area contributed by atoms with Crippen molar-refractivity contribution in [2.75, 3.05) is 26.3 Å². The van der Waals surface area contributed by atoms with Crippen molar-refractivity contribution < 1.29 is 14.6 Å². The normalized spacial score (nSPS) is 22.5. The van der Waals surface area contributed by atoms with Crippen LogP contribution in [-0.4, -0.2) is 49.5 Å². The third kappa shape index (κ3) is 6.00. The third-order valence-corrected chi connectivity index (χ3v) is 2.76. The zero-order chi connectivity index (χ0) is 12.7. The van der Waals surface area contributed by atoms with Crippen molar-refractivity contribution in [2.24, 2.45) is 5.92 Å². The predicted octanol–water partition coefficient (Wildman–Crippen LogP) is -0.112. The first-order chi connectivity index (χ1) is 8.11. The minimum absolute atomic E-state index is 0.00626. The maximum absolute atomic E-state index is 11.7. The number of ether oxygens (including phenoxy) is 1. The first-order valence-electron chi connectivity index (χ1n) is 6.34. The van der Waals surface area contributed by atoms with Gasteiger partial charge in [0.2, 0.25) is 5.91 Å². The zero-order valence-corrected chi connectivity index (χ0v) is 10.7. The molecule has 0 spiro atoms. The standard InChI is InChI=1S/C12H24N2O3/c1-9(2)5-10(8-15)14-12(16)6-11-7-13-3-4-17-11/h9-11,13,15H,3-8H2,1-2H3,(H,14,16). The molecule has 1 rings (SSSR count). The van der Waals surface area contributed by atoms with Crippen LogP contribution in [0.1, 0.15) is 26.7 Å². The highest BCUT2D eigenvalue weighted by atomic mass is 16.5. The average molecular weight is 244 g/mol. The smallest absolute Gasteiger partial charge is 0.222 e. The molecule has 17 heavy (non-hydrogen) atoms. The van der Waals surface area contributed by atoms with Gasteiger partial charge in [-0.3, -0.25) is 4.79 Å². The number of rotatable bonds is 6. The van der Waals surface area contributed by atoms with E-state index in [1.807, 2.05) is 0 Å². The van der Waals surface area contributed by atoms with Crippen molar-refractivity contribution in [3.8, 4) is 0 Å². The van der Waals surface area contributed by atoms with E-state index in [9.17, 15) is 9.90 Å². The first kappa shape index (κ1) is 14.4. The van der Waals surface area contributed by atoms with E-state index in [0.29, 0.717) is 18.9 Å². The Balaban J connectivity index is 2.26. The molecule has 1 fully saturated rings. The first-order valence-corrected chi connectivity index (χ1v) is 6.34. The van der Waals surface area contributed by atoms with Crippen molar-refractivity contribution in [3.63, 3.8) is 0 Å². The van der Waals surface area contributed by atoms with Gasteiger partial charge in [0.25, 0.3) is 0 Å². The molecule has 1 amide bonds. The number of carbonyl (C=O) groups excluding carboxylic acids is 1. The topological polar surface area (TPSA) is 70.6 Å². The number of aliphatic hydroxyl groups is 1. The molecule has 5 nitrogen and oxygen atoms in total. The van der Waals surface area contributed by atoms with Gasteiger partial charge in [0, 0.05) is 13.1 Å². The summed E-state index contributed by atoms with van der Waals surface area (Å²) in [5.74, 6) is 0.415. The van der Waals surface area contributed by atoms with Crippen molar-refractivity contribution in [1.82, 2.24) is 10.6 Å². The minimum atomic E-state index is -0.140. The molecule has 0 bridgehead atoms. The Labute approximate surface area is 103 Å². The van der Waals surface area contributed by atoms with E-state index < -0.39 is 0 Å². The average Bonchev–Trinajstić information content (AvgIpc) is 2.28. The van der Waals surface area contributed by atoms with Gasteiger partial charge in [-0.05, 0) is 12.3 Å². The quantitative estimate of drug-likeness (QED) is 0.609. The Morgan fingerprint density at radius 2 is 2.35 bits per heavy atom. The molecule has 1 aliphatic rings. The van der Waals surface area contributed by atoms with E-state index >= 15 is 0 Å². The van der Waals surface area contributed by atoms with Crippen LogP contribution < -0.4 is 10.6 Å². The van der Waals surface area contributed by atoms with Gasteiger partial charge in [-0.1, -0.05) is 13.8 Å². The van der Waals surface area contributed by atoms with Crippen LogP contribution in [-0.2, 0) is 9.53 Å². The number of nitrogens with one attached hydrogen (secondary N) is 2. The number of hydrogen-bond donors (Lipinski definition) is 3. The molecule has 100 valence electrons. The monoisotopic (exact) mass is 244 g/mol. The Morgan fingerprint density at radius 1 is 1.59 bits per heavy atom. The van der Waals surface area contributed by atoms with Crippen LogP contribution in [0.3, 0.4) is 0 Å². The van der Waals surface area contributed by atoms with Crippen molar-refractivity contribution >= 4 is 5.91 Å². The molecule has 5 heteroatoms. The number of carbonyl (C=O) groups is 1. The zero-order valence-electron chi connectivity index (χ0n) is 10.7. The molecular formula is C12H24N2O3. The van der Waals surface area contributed by atoms with Gasteiger partial charge < -0.3 is 20.5 Å². The molecule has 1 heterocycles. The van der Waals surface area contributed by atoms with Gasteiger partial charge in [-0.15, -0.1) is 0 Å². The fraction of sp³-hybridized carbons (Fsp3) is 0.917. The van der Waals surface area contributed by atoms with Crippen LogP contribution in [0.2, 0.25) is 0 Å². The summed E-state index contributed by atoms with van der Waals surface area (Å²) < 4.78 is 5.46. The Kier molecular flexibility index (Phi) is 6.47. The van der Waals surface area contributed by atoms with E-state index in [1.165, 1.54) is 0 Å². The van der Waals surface area contributed by atoms with Crippen LogP contribution in [0, 0.1) is 5.92 Å². The summed E-state index contributed by atoms with van der Waals surface area (Å²) in [6.45, 7) is 6.37. The summed E-state index contributed by atoms with van der Waals surface area (Å²) in [5.41, 5.74) is 0. The van der Waals surface area contributed by atoms with Gasteiger partial charge >= 0.3 is 0 Å². The molecule has 0 aromatic carbocycles. The van der Waals surface area contributed by atoms with Crippen LogP contribution in [0.4, 0.5) is 0 Å². The highest BCUT2D eigenvalue weighted by molar-refractivity contribution is 5.76. The van der Waals surface area contributed by atoms with Gasteiger partial charge in [0.1, 0.15) is 0 Å². The summed E-state index contributed by atoms with van der Waals surface area (Å²) in [5, 5.41) is 15.2. The second kappa shape index (κ2) is 7.63. The molecule has 2 atom stereocenters. The fourth-order valence-electron chi connectivity index (χ4n) is 1.99. The number of aliphatic hydroxyl groups excluding tert-OH is 1. The van der Waals surface area contributed by atoms with Crippen LogP contribution >= 0.6 is 0 Å². The number of hydrogen-bond acceptors (Lipinski definition) is 4. The van der Waals surface area contributed by atoms with E-state index in [0.717, 1.165) is 19.5 Å². The highest BCUT2D eigenvalue weighted by Crippen LogP contribution is 2.06. The van der Waals surface area contributed by atoms with E-state index in [-0.39, 0.29) is 24.7 Å². The van der Waals surface area contributed by atoms with E-state index in [4.69, 9.17) is 4.74 Å². The second-order valence-electron chi connectivity index (χ2n) is 4.98. The van der Waals surface area contributed by atoms with Gasteiger partial charge in [0.15, 0.2) is 0 Å².